The van der Waals surface area contributed by atoms with Gasteiger partial charge in [0.05, 0.1) is 15.8 Å². The third kappa shape index (κ3) is 1.73. The molecule has 1 aliphatic heterocycles. The number of thioether (sulfide) groups is 1. The van der Waals surface area contributed by atoms with Crippen molar-refractivity contribution in [1.29, 1.82) is 0 Å². The summed E-state index contributed by atoms with van der Waals surface area (Å²) >= 11 is 1.85. The van der Waals surface area contributed by atoms with Crippen LogP contribution in [0.1, 0.15) is 41.8 Å². The van der Waals surface area contributed by atoms with E-state index < -0.39 is 0 Å². The SMILES string of the molecule is Cc1c(C)c2c3c(c1C)c(=O)c(C)c(C)n3N(C)C(C)(C)S2. The maximum absolute atomic E-state index is 12.9. The van der Waals surface area contributed by atoms with Gasteiger partial charge in [-0.1, -0.05) is 11.8 Å². The lowest BCUT2D eigenvalue weighted by Crippen LogP contribution is -2.50. The van der Waals surface area contributed by atoms with Crippen LogP contribution in [-0.2, 0) is 0 Å². The van der Waals surface area contributed by atoms with Crippen LogP contribution in [0.2, 0.25) is 0 Å². The Bertz CT molecular complexity index is 878. The van der Waals surface area contributed by atoms with Crippen LogP contribution in [0.4, 0.5) is 0 Å². The average molecular weight is 316 g/mol. The van der Waals surface area contributed by atoms with E-state index in [1.807, 2.05) is 25.6 Å². The topological polar surface area (TPSA) is 25.2 Å². The van der Waals surface area contributed by atoms with E-state index in [1.54, 1.807) is 0 Å². The van der Waals surface area contributed by atoms with E-state index >= 15 is 0 Å². The molecule has 0 unspecified atom stereocenters. The maximum Gasteiger partial charge on any atom is 0.193 e. The molecule has 0 spiro atoms. The molecule has 0 N–H and O–H groups in total. The number of aryl methyl sites for hydroxylation is 1. The Kier molecular flexibility index (Phi) is 3.19. The third-order valence-corrected chi connectivity index (χ3v) is 6.83. The third-order valence-electron chi connectivity index (χ3n) is 5.36. The molecule has 0 amide bonds. The van der Waals surface area contributed by atoms with Crippen molar-refractivity contribution in [3.63, 3.8) is 0 Å². The molecule has 1 aromatic carbocycles. The van der Waals surface area contributed by atoms with Gasteiger partial charge in [-0.05, 0) is 65.2 Å². The quantitative estimate of drug-likeness (QED) is 0.736. The molecular formula is C18H24N2OS. The van der Waals surface area contributed by atoms with Crippen molar-refractivity contribution in [2.24, 2.45) is 0 Å². The van der Waals surface area contributed by atoms with E-state index in [0.717, 1.165) is 27.7 Å². The number of benzene rings is 1. The van der Waals surface area contributed by atoms with Gasteiger partial charge in [0.15, 0.2) is 5.43 Å². The fourth-order valence-electron chi connectivity index (χ4n) is 3.32. The highest BCUT2D eigenvalue weighted by Gasteiger charge is 2.35. The lowest BCUT2D eigenvalue weighted by atomic mass is 9.97. The van der Waals surface area contributed by atoms with Gasteiger partial charge in [-0.3, -0.25) is 14.5 Å². The van der Waals surface area contributed by atoms with Crippen molar-refractivity contribution in [1.82, 2.24) is 4.68 Å². The summed E-state index contributed by atoms with van der Waals surface area (Å²) in [4.78, 5) is 14.1. The molecule has 1 aromatic heterocycles. The molecule has 0 saturated carbocycles. The molecule has 4 heteroatoms. The second kappa shape index (κ2) is 4.54. The average Bonchev–Trinajstić information content (AvgIpc) is 2.45. The summed E-state index contributed by atoms with van der Waals surface area (Å²) in [6.07, 6.45) is 0. The number of pyridine rings is 1. The van der Waals surface area contributed by atoms with Crippen LogP contribution in [0, 0.1) is 34.6 Å². The zero-order valence-electron chi connectivity index (χ0n) is 14.7. The first-order valence-corrected chi connectivity index (χ1v) is 8.50. The summed E-state index contributed by atoms with van der Waals surface area (Å²) in [7, 11) is 2.11. The van der Waals surface area contributed by atoms with Crippen LogP contribution in [-0.4, -0.2) is 16.6 Å². The second-order valence-electron chi connectivity index (χ2n) is 6.85. The van der Waals surface area contributed by atoms with Gasteiger partial charge in [-0.15, -0.1) is 0 Å². The molecule has 0 bridgehead atoms. The zero-order chi connectivity index (χ0) is 16.6. The molecule has 0 atom stereocenters. The van der Waals surface area contributed by atoms with Gasteiger partial charge in [-0.25, -0.2) is 0 Å². The largest absolute Gasteiger partial charge is 0.300 e. The van der Waals surface area contributed by atoms with Crippen LogP contribution in [0.3, 0.4) is 0 Å². The van der Waals surface area contributed by atoms with Crippen molar-refractivity contribution in [2.45, 2.75) is 58.2 Å². The highest BCUT2D eigenvalue weighted by atomic mass is 32.2. The lowest BCUT2D eigenvalue weighted by molar-refractivity contribution is 0.523. The Labute approximate surface area is 136 Å². The van der Waals surface area contributed by atoms with Gasteiger partial charge < -0.3 is 0 Å². The van der Waals surface area contributed by atoms with Crippen molar-refractivity contribution >= 4 is 22.7 Å². The summed E-state index contributed by atoms with van der Waals surface area (Å²) in [6.45, 7) is 14.8. The van der Waals surface area contributed by atoms with Gasteiger partial charge >= 0.3 is 0 Å². The second-order valence-corrected chi connectivity index (χ2v) is 8.46. The van der Waals surface area contributed by atoms with Crippen LogP contribution in [0.5, 0.6) is 0 Å². The standard InChI is InChI=1S/C18H24N2OS/c1-9-10(2)14-15-17(11(9)3)22-18(6,7)19(8)20(15)13(5)12(4)16(14)21/h1-8H3. The molecule has 2 heterocycles. The first-order chi connectivity index (χ1) is 10.1. The van der Waals surface area contributed by atoms with Gasteiger partial charge in [-0.2, -0.15) is 0 Å². The molecule has 118 valence electrons. The van der Waals surface area contributed by atoms with E-state index in [0.29, 0.717) is 0 Å². The Morgan fingerprint density at radius 3 is 2.09 bits per heavy atom. The minimum atomic E-state index is -0.0569. The van der Waals surface area contributed by atoms with Crippen molar-refractivity contribution < 1.29 is 0 Å². The van der Waals surface area contributed by atoms with E-state index in [1.165, 1.54) is 16.0 Å². The minimum Gasteiger partial charge on any atom is -0.300 e. The fourth-order valence-corrected chi connectivity index (χ4v) is 4.63. The predicted molar refractivity (Wildman–Crippen MR) is 96.0 cm³/mol. The summed E-state index contributed by atoms with van der Waals surface area (Å²) in [5.74, 6) is 0. The number of hydrogen-bond donors (Lipinski definition) is 0. The molecule has 0 radical (unpaired) electrons. The van der Waals surface area contributed by atoms with Crippen molar-refractivity contribution in [2.75, 3.05) is 12.1 Å². The Morgan fingerprint density at radius 1 is 0.909 bits per heavy atom. The highest BCUT2D eigenvalue weighted by molar-refractivity contribution is 8.01. The molecule has 3 nitrogen and oxygen atoms in total. The van der Waals surface area contributed by atoms with E-state index in [2.05, 4.69) is 51.4 Å². The zero-order valence-corrected chi connectivity index (χ0v) is 15.5. The number of hydrogen-bond acceptors (Lipinski definition) is 3. The molecule has 22 heavy (non-hydrogen) atoms. The fraction of sp³-hybridized carbons (Fsp3) is 0.500. The first kappa shape index (κ1) is 15.5. The van der Waals surface area contributed by atoms with Gasteiger partial charge in [0, 0.05) is 23.2 Å². The predicted octanol–water partition coefficient (Wildman–Crippen LogP) is 3.95. The molecule has 0 aliphatic carbocycles. The molecule has 2 aromatic rings. The highest BCUT2D eigenvalue weighted by Crippen LogP contribution is 2.46. The summed E-state index contributed by atoms with van der Waals surface area (Å²) in [5.41, 5.74) is 6.80. The maximum atomic E-state index is 12.9. The first-order valence-electron chi connectivity index (χ1n) is 7.68. The summed E-state index contributed by atoms with van der Waals surface area (Å²) in [5, 5.41) is 3.14. The van der Waals surface area contributed by atoms with E-state index in [4.69, 9.17) is 0 Å². The molecule has 3 rings (SSSR count). The number of nitrogens with zero attached hydrogens (tertiary/aromatic N) is 2. The van der Waals surface area contributed by atoms with Crippen molar-refractivity contribution in [3.8, 4) is 0 Å². The van der Waals surface area contributed by atoms with Gasteiger partial charge in [0.25, 0.3) is 0 Å². The van der Waals surface area contributed by atoms with Gasteiger partial charge in [0.1, 0.15) is 0 Å². The molecule has 0 fully saturated rings. The Balaban J connectivity index is 2.69. The summed E-state index contributed by atoms with van der Waals surface area (Å²) < 4.78 is 2.25. The molecular weight excluding hydrogens is 292 g/mol. The summed E-state index contributed by atoms with van der Waals surface area (Å²) in [6, 6.07) is 0. The number of aromatic nitrogens is 1. The van der Waals surface area contributed by atoms with Crippen LogP contribution >= 0.6 is 11.8 Å². The Hall–Kier alpha value is -1.42. The lowest BCUT2D eigenvalue weighted by Gasteiger charge is -2.45. The smallest absolute Gasteiger partial charge is 0.193 e. The van der Waals surface area contributed by atoms with Crippen molar-refractivity contribution in [3.05, 3.63) is 38.2 Å². The monoisotopic (exact) mass is 316 g/mol. The normalized spacial score (nSPS) is 16.5. The van der Waals surface area contributed by atoms with E-state index in [-0.39, 0.29) is 10.3 Å². The van der Waals surface area contributed by atoms with Crippen LogP contribution in [0.25, 0.3) is 10.9 Å². The van der Waals surface area contributed by atoms with Crippen LogP contribution < -0.4 is 10.4 Å². The van der Waals surface area contributed by atoms with E-state index in [9.17, 15) is 4.79 Å². The van der Waals surface area contributed by atoms with Gasteiger partial charge in [0.2, 0.25) is 0 Å². The molecule has 0 saturated heterocycles. The number of rotatable bonds is 0. The molecule has 1 aliphatic rings. The minimum absolute atomic E-state index is 0.0569. The Morgan fingerprint density at radius 2 is 1.50 bits per heavy atom. The van der Waals surface area contributed by atoms with Crippen LogP contribution in [0.15, 0.2) is 9.69 Å².